The lowest BCUT2D eigenvalue weighted by atomic mass is 10.1. The van der Waals surface area contributed by atoms with Gasteiger partial charge in [-0.1, -0.05) is 12.1 Å². The first-order chi connectivity index (χ1) is 9.93. The summed E-state index contributed by atoms with van der Waals surface area (Å²) in [6, 6.07) is 9.42. The molecule has 1 aliphatic rings. The molecule has 1 aromatic heterocycles. The third kappa shape index (κ3) is 3.17. The summed E-state index contributed by atoms with van der Waals surface area (Å²) in [5, 5.41) is 3.36. The van der Waals surface area contributed by atoms with Crippen molar-refractivity contribution in [2.45, 2.75) is 32.0 Å². The Morgan fingerprint density at radius 1 is 1.14 bits per heavy atom. The number of rotatable bonds is 3. The zero-order chi connectivity index (χ0) is 15.0. The Balaban J connectivity index is 1.91. The zero-order valence-electron chi connectivity index (χ0n) is 11.5. The summed E-state index contributed by atoms with van der Waals surface area (Å²) < 4.78 is 38.2. The van der Waals surface area contributed by atoms with Crippen LogP contribution in [0.3, 0.4) is 0 Å². The SMILES string of the molecule is Cc1nc(-c2cccc(C(F)(F)F)c2)ccc1NC1CC1. The van der Waals surface area contributed by atoms with Crippen molar-refractivity contribution in [1.29, 1.82) is 0 Å². The Hall–Kier alpha value is -2.04. The maximum absolute atomic E-state index is 12.7. The van der Waals surface area contributed by atoms with Gasteiger partial charge in [0.25, 0.3) is 0 Å². The van der Waals surface area contributed by atoms with E-state index in [1.807, 2.05) is 13.0 Å². The second kappa shape index (κ2) is 5.06. The third-order valence-corrected chi connectivity index (χ3v) is 3.51. The summed E-state index contributed by atoms with van der Waals surface area (Å²) in [4.78, 5) is 4.42. The van der Waals surface area contributed by atoms with Crippen LogP contribution in [0.25, 0.3) is 11.3 Å². The number of nitrogens with zero attached hydrogens (tertiary/aromatic N) is 1. The van der Waals surface area contributed by atoms with E-state index in [-0.39, 0.29) is 0 Å². The molecule has 0 spiro atoms. The fraction of sp³-hybridized carbons (Fsp3) is 0.312. The molecular weight excluding hydrogens is 277 g/mol. The molecule has 3 rings (SSSR count). The first-order valence-corrected chi connectivity index (χ1v) is 6.85. The standard InChI is InChI=1S/C16H15F3N2/c1-10-14(21-13-5-6-13)7-8-15(20-10)11-3-2-4-12(9-11)16(17,18)19/h2-4,7-9,13,21H,5-6H2,1H3. The fourth-order valence-corrected chi connectivity index (χ4v) is 2.18. The summed E-state index contributed by atoms with van der Waals surface area (Å²) in [7, 11) is 0. The second-order valence-electron chi connectivity index (χ2n) is 5.33. The molecule has 110 valence electrons. The second-order valence-corrected chi connectivity index (χ2v) is 5.33. The molecule has 1 fully saturated rings. The number of alkyl halides is 3. The van der Waals surface area contributed by atoms with E-state index in [9.17, 15) is 13.2 Å². The molecule has 1 aromatic carbocycles. The van der Waals surface area contributed by atoms with E-state index in [0.29, 0.717) is 17.3 Å². The summed E-state index contributed by atoms with van der Waals surface area (Å²) >= 11 is 0. The zero-order valence-corrected chi connectivity index (χ0v) is 11.5. The van der Waals surface area contributed by atoms with E-state index in [4.69, 9.17) is 0 Å². The minimum atomic E-state index is -4.33. The van der Waals surface area contributed by atoms with Gasteiger partial charge < -0.3 is 5.32 Å². The van der Waals surface area contributed by atoms with Crippen LogP contribution in [0, 0.1) is 6.92 Å². The molecule has 2 aromatic rings. The highest BCUT2D eigenvalue weighted by atomic mass is 19.4. The lowest BCUT2D eigenvalue weighted by molar-refractivity contribution is -0.137. The van der Waals surface area contributed by atoms with Crippen LogP contribution in [0.4, 0.5) is 18.9 Å². The van der Waals surface area contributed by atoms with Crippen molar-refractivity contribution in [3.05, 3.63) is 47.7 Å². The van der Waals surface area contributed by atoms with Gasteiger partial charge >= 0.3 is 6.18 Å². The van der Waals surface area contributed by atoms with Crippen LogP contribution in [-0.4, -0.2) is 11.0 Å². The van der Waals surface area contributed by atoms with Gasteiger partial charge in [-0.25, -0.2) is 0 Å². The van der Waals surface area contributed by atoms with Gasteiger partial charge in [-0.2, -0.15) is 13.2 Å². The molecule has 0 saturated heterocycles. The minimum absolute atomic E-state index is 0.478. The summed E-state index contributed by atoms with van der Waals surface area (Å²) in [6.45, 7) is 1.86. The number of benzene rings is 1. The Labute approximate surface area is 121 Å². The number of halogens is 3. The van der Waals surface area contributed by atoms with Crippen LogP contribution >= 0.6 is 0 Å². The molecule has 0 bridgehead atoms. The van der Waals surface area contributed by atoms with Crippen molar-refractivity contribution < 1.29 is 13.2 Å². The lowest BCUT2D eigenvalue weighted by Gasteiger charge is -2.11. The average molecular weight is 292 g/mol. The van der Waals surface area contributed by atoms with Crippen molar-refractivity contribution >= 4 is 5.69 Å². The quantitative estimate of drug-likeness (QED) is 0.890. The van der Waals surface area contributed by atoms with Crippen LogP contribution in [0.2, 0.25) is 0 Å². The molecule has 1 saturated carbocycles. The van der Waals surface area contributed by atoms with E-state index in [0.717, 1.165) is 36.4 Å². The van der Waals surface area contributed by atoms with E-state index < -0.39 is 11.7 Å². The Bertz CT molecular complexity index is 661. The normalized spacial score (nSPS) is 15.0. The lowest BCUT2D eigenvalue weighted by Crippen LogP contribution is -2.05. The molecule has 1 heterocycles. The number of aryl methyl sites for hydroxylation is 1. The van der Waals surface area contributed by atoms with Crippen molar-refractivity contribution in [3.63, 3.8) is 0 Å². The number of anilines is 1. The van der Waals surface area contributed by atoms with Gasteiger partial charge in [0.2, 0.25) is 0 Å². The molecule has 0 amide bonds. The molecule has 0 unspecified atom stereocenters. The minimum Gasteiger partial charge on any atom is -0.381 e. The van der Waals surface area contributed by atoms with E-state index >= 15 is 0 Å². The fourth-order valence-electron chi connectivity index (χ4n) is 2.18. The number of aromatic nitrogens is 1. The summed E-state index contributed by atoms with van der Waals surface area (Å²) in [5.41, 5.74) is 2.13. The molecular formula is C16H15F3N2. The van der Waals surface area contributed by atoms with Crippen molar-refractivity contribution in [3.8, 4) is 11.3 Å². The summed E-state index contributed by atoms with van der Waals surface area (Å²) in [5.74, 6) is 0. The molecule has 1 aliphatic carbocycles. The first kappa shape index (κ1) is 13.9. The van der Waals surface area contributed by atoms with Gasteiger partial charge in [0.05, 0.1) is 22.6 Å². The van der Waals surface area contributed by atoms with Gasteiger partial charge in [0.1, 0.15) is 0 Å². The van der Waals surface area contributed by atoms with E-state index in [1.165, 1.54) is 6.07 Å². The smallest absolute Gasteiger partial charge is 0.381 e. The molecule has 1 N–H and O–H groups in total. The summed E-state index contributed by atoms with van der Waals surface area (Å²) in [6.07, 6.45) is -2.01. The van der Waals surface area contributed by atoms with Crippen LogP contribution in [0.1, 0.15) is 24.1 Å². The highest BCUT2D eigenvalue weighted by Crippen LogP contribution is 2.32. The average Bonchev–Trinajstić information content (AvgIpc) is 3.24. The Morgan fingerprint density at radius 3 is 2.52 bits per heavy atom. The number of hydrogen-bond acceptors (Lipinski definition) is 2. The first-order valence-electron chi connectivity index (χ1n) is 6.85. The number of pyridine rings is 1. The Kier molecular flexibility index (Phi) is 3.35. The Morgan fingerprint density at radius 2 is 1.90 bits per heavy atom. The molecule has 0 radical (unpaired) electrons. The monoisotopic (exact) mass is 292 g/mol. The van der Waals surface area contributed by atoms with Gasteiger partial charge in [0, 0.05) is 11.6 Å². The van der Waals surface area contributed by atoms with Gasteiger partial charge in [-0.05, 0) is 44.0 Å². The van der Waals surface area contributed by atoms with Gasteiger partial charge in [-0.3, -0.25) is 4.98 Å². The molecule has 21 heavy (non-hydrogen) atoms. The predicted molar refractivity (Wildman–Crippen MR) is 76.1 cm³/mol. The van der Waals surface area contributed by atoms with Crippen molar-refractivity contribution in [2.24, 2.45) is 0 Å². The van der Waals surface area contributed by atoms with Gasteiger partial charge in [0.15, 0.2) is 0 Å². The molecule has 0 atom stereocenters. The van der Waals surface area contributed by atoms with E-state index in [1.54, 1.807) is 12.1 Å². The highest BCUT2D eigenvalue weighted by molar-refractivity contribution is 5.64. The van der Waals surface area contributed by atoms with Crippen molar-refractivity contribution in [2.75, 3.05) is 5.32 Å². The van der Waals surface area contributed by atoms with Gasteiger partial charge in [-0.15, -0.1) is 0 Å². The van der Waals surface area contributed by atoms with Crippen LogP contribution in [0.5, 0.6) is 0 Å². The third-order valence-electron chi connectivity index (χ3n) is 3.51. The number of hydrogen-bond donors (Lipinski definition) is 1. The molecule has 0 aliphatic heterocycles. The maximum atomic E-state index is 12.7. The van der Waals surface area contributed by atoms with Crippen LogP contribution < -0.4 is 5.32 Å². The highest BCUT2D eigenvalue weighted by Gasteiger charge is 2.30. The van der Waals surface area contributed by atoms with Crippen LogP contribution in [-0.2, 0) is 6.18 Å². The van der Waals surface area contributed by atoms with Crippen molar-refractivity contribution in [1.82, 2.24) is 4.98 Å². The van der Waals surface area contributed by atoms with Crippen LogP contribution in [0.15, 0.2) is 36.4 Å². The predicted octanol–water partition coefficient (Wildman–Crippen LogP) is 4.65. The van der Waals surface area contributed by atoms with E-state index in [2.05, 4.69) is 10.3 Å². The maximum Gasteiger partial charge on any atom is 0.416 e. The molecule has 5 heteroatoms. The number of nitrogens with one attached hydrogen (secondary N) is 1. The largest absolute Gasteiger partial charge is 0.416 e. The topological polar surface area (TPSA) is 24.9 Å². The molecule has 2 nitrogen and oxygen atoms in total.